The SMILES string of the molecule is CCCC1CCC(C2CCC(C3CCC(CCCCCO)CC3CC)CC2CC)CC1. The minimum Gasteiger partial charge on any atom is -0.396 e. The second kappa shape index (κ2) is 13.6. The van der Waals surface area contributed by atoms with Crippen LogP contribution in [0.3, 0.4) is 0 Å². The molecule has 0 radical (unpaired) electrons. The Labute approximate surface area is 195 Å². The first-order valence-corrected chi connectivity index (χ1v) is 14.8. The fraction of sp³-hybridized carbons (Fsp3) is 1.00. The molecule has 0 spiro atoms. The summed E-state index contributed by atoms with van der Waals surface area (Å²) in [4.78, 5) is 0. The molecule has 0 amide bonds. The van der Waals surface area contributed by atoms with Crippen LogP contribution in [0, 0.1) is 47.3 Å². The van der Waals surface area contributed by atoms with Crippen molar-refractivity contribution in [2.45, 2.75) is 136 Å². The summed E-state index contributed by atoms with van der Waals surface area (Å²) in [6.45, 7) is 7.73. The molecule has 1 heteroatoms. The predicted octanol–water partition coefficient (Wildman–Crippen LogP) is 9.03. The molecule has 6 atom stereocenters. The molecule has 0 aliphatic heterocycles. The van der Waals surface area contributed by atoms with Crippen LogP contribution >= 0.6 is 0 Å². The van der Waals surface area contributed by atoms with Crippen molar-refractivity contribution in [1.82, 2.24) is 0 Å². The molecule has 0 heterocycles. The molecule has 0 aromatic carbocycles. The third kappa shape index (κ3) is 7.22. The largest absolute Gasteiger partial charge is 0.396 e. The van der Waals surface area contributed by atoms with E-state index >= 15 is 0 Å². The van der Waals surface area contributed by atoms with Gasteiger partial charge in [-0.15, -0.1) is 0 Å². The Morgan fingerprint density at radius 2 is 1.19 bits per heavy atom. The first kappa shape index (κ1) is 25.6. The summed E-state index contributed by atoms with van der Waals surface area (Å²) in [5.74, 6) is 8.27. The number of unbranched alkanes of at least 4 members (excludes halogenated alkanes) is 2. The van der Waals surface area contributed by atoms with Crippen LogP contribution in [0.4, 0.5) is 0 Å². The van der Waals surface area contributed by atoms with Gasteiger partial charge < -0.3 is 5.11 Å². The molecule has 3 aliphatic carbocycles. The van der Waals surface area contributed by atoms with Crippen molar-refractivity contribution in [3.63, 3.8) is 0 Å². The lowest BCUT2D eigenvalue weighted by Gasteiger charge is -2.47. The lowest BCUT2D eigenvalue weighted by molar-refractivity contribution is 0.0287. The third-order valence-electron chi connectivity index (χ3n) is 10.4. The van der Waals surface area contributed by atoms with Gasteiger partial charge in [0.2, 0.25) is 0 Å². The van der Waals surface area contributed by atoms with Crippen LogP contribution in [0.25, 0.3) is 0 Å². The second-order valence-electron chi connectivity index (χ2n) is 12.1. The number of aliphatic hydroxyl groups is 1. The minimum absolute atomic E-state index is 0.381. The van der Waals surface area contributed by atoms with Crippen LogP contribution in [-0.2, 0) is 0 Å². The van der Waals surface area contributed by atoms with Gasteiger partial charge in [0.25, 0.3) is 0 Å². The number of hydrogen-bond acceptors (Lipinski definition) is 1. The van der Waals surface area contributed by atoms with Crippen molar-refractivity contribution >= 4 is 0 Å². The number of aliphatic hydroxyl groups excluding tert-OH is 1. The first-order valence-electron chi connectivity index (χ1n) is 14.8. The molecule has 3 saturated carbocycles. The molecule has 3 rings (SSSR count). The Kier molecular flexibility index (Phi) is 11.2. The summed E-state index contributed by atoms with van der Waals surface area (Å²) < 4.78 is 0. The van der Waals surface area contributed by atoms with Crippen LogP contribution in [-0.4, -0.2) is 11.7 Å². The Bertz CT molecular complexity index is 465. The lowest BCUT2D eigenvalue weighted by Crippen LogP contribution is -2.38. The second-order valence-corrected chi connectivity index (χ2v) is 12.1. The Morgan fingerprint density at radius 1 is 0.581 bits per heavy atom. The summed E-state index contributed by atoms with van der Waals surface area (Å²) in [6, 6.07) is 0. The molecule has 0 saturated heterocycles. The monoisotopic (exact) mass is 432 g/mol. The van der Waals surface area contributed by atoms with Crippen LogP contribution in [0.5, 0.6) is 0 Å². The van der Waals surface area contributed by atoms with Gasteiger partial charge >= 0.3 is 0 Å². The predicted molar refractivity (Wildman–Crippen MR) is 135 cm³/mol. The molecule has 31 heavy (non-hydrogen) atoms. The molecule has 0 aromatic rings. The van der Waals surface area contributed by atoms with Crippen molar-refractivity contribution < 1.29 is 5.11 Å². The summed E-state index contributed by atoms with van der Waals surface area (Å²) in [5, 5.41) is 9.04. The van der Waals surface area contributed by atoms with E-state index in [-0.39, 0.29) is 0 Å². The molecule has 6 unspecified atom stereocenters. The van der Waals surface area contributed by atoms with Gasteiger partial charge in [-0.05, 0) is 98.7 Å². The normalized spacial score (nSPS) is 39.5. The zero-order valence-corrected chi connectivity index (χ0v) is 21.5. The van der Waals surface area contributed by atoms with Crippen molar-refractivity contribution in [2.24, 2.45) is 47.3 Å². The molecule has 3 aliphatic rings. The highest BCUT2D eigenvalue weighted by molar-refractivity contribution is 4.91. The maximum atomic E-state index is 9.04. The van der Waals surface area contributed by atoms with Crippen LogP contribution in [0.1, 0.15) is 136 Å². The van der Waals surface area contributed by atoms with Gasteiger partial charge in [-0.1, -0.05) is 85.0 Å². The van der Waals surface area contributed by atoms with Crippen LogP contribution in [0.15, 0.2) is 0 Å². The summed E-state index contributed by atoms with van der Waals surface area (Å²) in [6.07, 6.45) is 26.1. The fourth-order valence-corrected chi connectivity index (χ4v) is 8.57. The van der Waals surface area contributed by atoms with Gasteiger partial charge in [-0.2, -0.15) is 0 Å². The van der Waals surface area contributed by atoms with Crippen molar-refractivity contribution in [2.75, 3.05) is 6.61 Å². The highest BCUT2D eigenvalue weighted by Crippen LogP contribution is 2.51. The van der Waals surface area contributed by atoms with Gasteiger partial charge in [-0.3, -0.25) is 0 Å². The van der Waals surface area contributed by atoms with E-state index < -0.39 is 0 Å². The van der Waals surface area contributed by atoms with Crippen molar-refractivity contribution in [1.29, 1.82) is 0 Å². The standard InChI is InChI=1S/C30H56O/c1-4-10-23-12-15-27(16-13-23)29-19-17-28(22-26(29)6-3)30-18-14-24(21-25(30)5-2)11-8-7-9-20-31/h23-31H,4-22H2,1-3H3. The number of hydrogen-bond donors (Lipinski definition) is 1. The van der Waals surface area contributed by atoms with Crippen LogP contribution < -0.4 is 0 Å². The molecular formula is C30H56O. The van der Waals surface area contributed by atoms with E-state index in [0.29, 0.717) is 6.61 Å². The van der Waals surface area contributed by atoms with Gasteiger partial charge in [0.1, 0.15) is 0 Å². The summed E-state index contributed by atoms with van der Waals surface area (Å²) in [7, 11) is 0. The fourth-order valence-electron chi connectivity index (χ4n) is 8.57. The quantitative estimate of drug-likeness (QED) is 0.323. The zero-order chi connectivity index (χ0) is 22.1. The molecule has 1 nitrogen and oxygen atoms in total. The van der Waals surface area contributed by atoms with E-state index in [1.165, 1.54) is 77.0 Å². The Balaban J connectivity index is 1.48. The molecule has 182 valence electrons. The highest BCUT2D eigenvalue weighted by atomic mass is 16.2. The van der Waals surface area contributed by atoms with E-state index in [1.807, 2.05) is 0 Å². The van der Waals surface area contributed by atoms with Gasteiger partial charge in [0.15, 0.2) is 0 Å². The van der Waals surface area contributed by atoms with E-state index in [4.69, 9.17) is 5.11 Å². The molecule has 0 bridgehead atoms. The van der Waals surface area contributed by atoms with Crippen molar-refractivity contribution in [3.05, 3.63) is 0 Å². The molecule has 1 N–H and O–H groups in total. The number of rotatable bonds is 11. The Morgan fingerprint density at radius 3 is 1.87 bits per heavy atom. The maximum absolute atomic E-state index is 9.04. The van der Waals surface area contributed by atoms with E-state index in [2.05, 4.69) is 20.8 Å². The zero-order valence-electron chi connectivity index (χ0n) is 21.5. The minimum atomic E-state index is 0.381. The first-order chi connectivity index (χ1) is 15.2. The maximum Gasteiger partial charge on any atom is 0.0431 e. The van der Waals surface area contributed by atoms with Crippen molar-refractivity contribution in [3.8, 4) is 0 Å². The topological polar surface area (TPSA) is 20.2 Å². The highest BCUT2D eigenvalue weighted by Gasteiger charge is 2.41. The Hall–Kier alpha value is -0.0400. The van der Waals surface area contributed by atoms with Crippen LogP contribution in [0.2, 0.25) is 0 Å². The van der Waals surface area contributed by atoms with E-state index in [0.717, 1.165) is 53.8 Å². The van der Waals surface area contributed by atoms with Gasteiger partial charge in [0.05, 0.1) is 0 Å². The van der Waals surface area contributed by atoms with E-state index in [9.17, 15) is 0 Å². The van der Waals surface area contributed by atoms with E-state index in [1.54, 1.807) is 32.1 Å². The average molecular weight is 433 g/mol. The van der Waals surface area contributed by atoms with Gasteiger partial charge in [0, 0.05) is 6.61 Å². The third-order valence-corrected chi connectivity index (χ3v) is 10.4. The van der Waals surface area contributed by atoms with Gasteiger partial charge in [-0.25, -0.2) is 0 Å². The smallest absolute Gasteiger partial charge is 0.0431 e. The molecule has 3 fully saturated rings. The molecule has 0 aromatic heterocycles. The average Bonchev–Trinajstić information content (AvgIpc) is 2.82. The lowest BCUT2D eigenvalue weighted by atomic mass is 9.58. The molecular weight excluding hydrogens is 376 g/mol. The summed E-state index contributed by atoms with van der Waals surface area (Å²) in [5.41, 5.74) is 0. The summed E-state index contributed by atoms with van der Waals surface area (Å²) >= 11 is 0.